The Hall–Kier alpha value is -2.04. The van der Waals surface area contributed by atoms with E-state index in [1.165, 1.54) is 11.1 Å². The van der Waals surface area contributed by atoms with Gasteiger partial charge in [-0.2, -0.15) is 0 Å². The van der Waals surface area contributed by atoms with Gasteiger partial charge in [0, 0.05) is 37.3 Å². The number of nitrogens with one attached hydrogen (secondary N) is 1. The number of phenolic OH excluding ortho intramolecular Hbond substituents is 2. The highest BCUT2D eigenvalue weighted by Gasteiger charge is 2.08. The van der Waals surface area contributed by atoms with Crippen LogP contribution in [0.2, 0.25) is 0 Å². The number of rotatable bonds is 7. The molecule has 0 aliphatic carbocycles. The summed E-state index contributed by atoms with van der Waals surface area (Å²) < 4.78 is 0. The van der Waals surface area contributed by atoms with Gasteiger partial charge in [0.25, 0.3) is 0 Å². The van der Waals surface area contributed by atoms with Crippen LogP contribution in [0.4, 0.5) is 0 Å². The first-order valence-corrected chi connectivity index (χ1v) is 8.75. The number of nitrogens with zero attached hydrogens (tertiary/aromatic N) is 1. The maximum absolute atomic E-state index is 10.1. The van der Waals surface area contributed by atoms with Gasteiger partial charge in [-0.05, 0) is 69.1 Å². The van der Waals surface area contributed by atoms with Crippen molar-refractivity contribution in [1.82, 2.24) is 10.2 Å². The molecule has 0 aliphatic heterocycles. The van der Waals surface area contributed by atoms with Gasteiger partial charge in [0.1, 0.15) is 11.5 Å². The average Bonchev–Trinajstić information content (AvgIpc) is 2.53. The molecule has 0 amide bonds. The maximum atomic E-state index is 10.1. The van der Waals surface area contributed by atoms with Gasteiger partial charge in [-0.25, -0.2) is 0 Å². The molecule has 0 saturated heterocycles. The van der Waals surface area contributed by atoms with Crippen molar-refractivity contribution in [2.45, 2.75) is 40.8 Å². The van der Waals surface area contributed by atoms with Crippen LogP contribution in [0.25, 0.3) is 0 Å². The van der Waals surface area contributed by atoms with Crippen molar-refractivity contribution < 1.29 is 10.2 Å². The van der Waals surface area contributed by atoms with E-state index in [-0.39, 0.29) is 0 Å². The summed E-state index contributed by atoms with van der Waals surface area (Å²) in [7, 11) is 2.05. The average molecular weight is 342 g/mol. The van der Waals surface area contributed by atoms with Crippen LogP contribution in [0.15, 0.2) is 24.3 Å². The topological polar surface area (TPSA) is 55.7 Å². The molecule has 2 rings (SSSR count). The fourth-order valence-electron chi connectivity index (χ4n) is 2.85. The van der Waals surface area contributed by atoms with E-state index in [9.17, 15) is 10.2 Å². The Kier molecular flexibility index (Phi) is 6.45. The van der Waals surface area contributed by atoms with Gasteiger partial charge in [0.05, 0.1) is 0 Å². The second-order valence-corrected chi connectivity index (χ2v) is 7.04. The van der Waals surface area contributed by atoms with E-state index in [4.69, 9.17) is 0 Å². The van der Waals surface area contributed by atoms with Crippen molar-refractivity contribution in [3.8, 4) is 11.5 Å². The molecule has 0 heterocycles. The second-order valence-electron chi connectivity index (χ2n) is 7.04. The normalized spacial score (nSPS) is 11.3. The van der Waals surface area contributed by atoms with E-state index in [2.05, 4.69) is 30.1 Å². The van der Waals surface area contributed by atoms with Crippen LogP contribution in [0.3, 0.4) is 0 Å². The summed E-state index contributed by atoms with van der Waals surface area (Å²) in [5.41, 5.74) is 6.49. The van der Waals surface area contributed by atoms with Gasteiger partial charge in [-0.3, -0.25) is 0 Å². The molecule has 2 aromatic rings. The van der Waals surface area contributed by atoms with E-state index < -0.39 is 0 Å². The minimum absolute atomic E-state index is 0.351. The van der Waals surface area contributed by atoms with Crippen molar-refractivity contribution in [2.24, 2.45) is 0 Å². The molecule has 2 aromatic carbocycles. The number of hydrogen-bond acceptors (Lipinski definition) is 4. The molecule has 25 heavy (non-hydrogen) atoms. The summed E-state index contributed by atoms with van der Waals surface area (Å²) in [6.07, 6.45) is 0. The molecular weight excluding hydrogens is 312 g/mol. The van der Waals surface area contributed by atoms with Gasteiger partial charge in [0.15, 0.2) is 0 Å². The predicted octanol–water partition coefficient (Wildman–Crippen LogP) is 3.55. The Balaban J connectivity index is 1.82. The van der Waals surface area contributed by atoms with E-state index in [1.54, 1.807) is 0 Å². The van der Waals surface area contributed by atoms with Crippen LogP contribution >= 0.6 is 0 Å². The second kappa shape index (κ2) is 8.37. The van der Waals surface area contributed by atoms with Crippen LogP contribution in [0.1, 0.15) is 33.4 Å². The third kappa shape index (κ3) is 5.21. The highest BCUT2D eigenvalue weighted by molar-refractivity contribution is 5.41. The molecule has 0 atom stereocenters. The largest absolute Gasteiger partial charge is 0.508 e. The van der Waals surface area contributed by atoms with Crippen molar-refractivity contribution in [3.63, 3.8) is 0 Å². The first-order valence-electron chi connectivity index (χ1n) is 8.75. The molecule has 136 valence electrons. The summed E-state index contributed by atoms with van der Waals surface area (Å²) in [6, 6.07) is 7.75. The van der Waals surface area contributed by atoms with Gasteiger partial charge >= 0.3 is 0 Å². The summed E-state index contributed by atoms with van der Waals surface area (Å²) in [4.78, 5) is 2.18. The van der Waals surface area contributed by atoms with E-state index in [1.807, 2.05) is 39.1 Å². The van der Waals surface area contributed by atoms with Crippen molar-refractivity contribution in [3.05, 3.63) is 57.6 Å². The molecular formula is C21H30N2O2. The Morgan fingerprint density at radius 2 is 1.28 bits per heavy atom. The summed E-state index contributed by atoms with van der Waals surface area (Å²) in [5, 5.41) is 23.5. The number of phenols is 2. The fourth-order valence-corrected chi connectivity index (χ4v) is 2.85. The SMILES string of the molecule is Cc1cc(O)c(CNCCN(C)Cc2cc(C)c(C)cc2O)cc1C. The molecule has 0 aromatic heterocycles. The minimum Gasteiger partial charge on any atom is -0.508 e. The van der Waals surface area contributed by atoms with Crippen molar-refractivity contribution in [1.29, 1.82) is 0 Å². The number of aromatic hydroxyl groups is 2. The number of hydrogen-bond donors (Lipinski definition) is 3. The van der Waals surface area contributed by atoms with Gasteiger partial charge in [0.2, 0.25) is 0 Å². The number of likely N-dealkylation sites (N-methyl/N-ethyl adjacent to an activating group) is 1. The maximum Gasteiger partial charge on any atom is 0.120 e. The van der Waals surface area contributed by atoms with Crippen LogP contribution < -0.4 is 5.32 Å². The molecule has 4 nitrogen and oxygen atoms in total. The predicted molar refractivity (Wildman–Crippen MR) is 103 cm³/mol. The number of benzene rings is 2. The van der Waals surface area contributed by atoms with Crippen LogP contribution in [-0.2, 0) is 13.1 Å². The lowest BCUT2D eigenvalue weighted by molar-refractivity contribution is 0.317. The molecule has 0 spiro atoms. The van der Waals surface area contributed by atoms with Gasteiger partial charge < -0.3 is 20.4 Å². The third-order valence-corrected chi connectivity index (χ3v) is 4.82. The van der Waals surface area contributed by atoms with Crippen molar-refractivity contribution >= 4 is 0 Å². The first kappa shape index (κ1) is 19.3. The highest BCUT2D eigenvalue weighted by Crippen LogP contribution is 2.23. The lowest BCUT2D eigenvalue weighted by atomic mass is 10.0. The smallest absolute Gasteiger partial charge is 0.120 e. The third-order valence-electron chi connectivity index (χ3n) is 4.82. The Morgan fingerprint density at radius 1 is 0.800 bits per heavy atom. The Labute approximate surface area is 151 Å². The van der Waals surface area contributed by atoms with Crippen LogP contribution in [0, 0.1) is 27.7 Å². The zero-order valence-corrected chi connectivity index (χ0v) is 16.0. The van der Waals surface area contributed by atoms with Crippen molar-refractivity contribution in [2.75, 3.05) is 20.1 Å². The molecule has 4 heteroatoms. The van der Waals surface area contributed by atoms with E-state index >= 15 is 0 Å². The first-order chi connectivity index (χ1) is 11.8. The molecule has 0 saturated carbocycles. The monoisotopic (exact) mass is 342 g/mol. The summed E-state index contributed by atoms with van der Waals surface area (Å²) in [5.74, 6) is 0.715. The standard InChI is InChI=1S/C21H30N2O2/c1-14-8-18(20(24)10-16(14)3)12-22-6-7-23(5)13-19-9-15(2)17(4)11-21(19)25/h8-11,22,24-25H,6-7,12-13H2,1-5H3. The Bertz CT molecular complexity index is 741. The summed E-state index contributed by atoms with van der Waals surface area (Å²) >= 11 is 0. The highest BCUT2D eigenvalue weighted by atomic mass is 16.3. The molecule has 0 aliphatic rings. The molecule has 0 bridgehead atoms. The lowest BCUT2D eigenvalue weighted by Gasteiger charge is -2.19. The molecule has 3 N–H and O–H groups in total. The quantitative estimate of drug-likeness (QED) is 0.674. The lowest BCUT2D eigenvalue weighted by Crippen LogP contribution is -2.28. The van der Waals surface area contributed by atoms with E-state index in [0.717, 1.165) is 35.3 Å². The zero-order chi connectivity index (χ0) is 18.6. The minimum atomic E-state index is 0.351. The van der Waals surface area contributed by atoms with Gasteiger partial charge in [-0.15, -0.1) is 0 Å². The summed E-state index contributed by atoms with van der Waals surface area (Å²) in [6.45, 7) is 11.2. The van der Waals surface area contributed by atoms with Crippen LogP contribution in [0.5, 0.6) is 11.5 Å². The fraction of sp³-hybridized carbons (Fsp3) is 0.429. The Morgan fingerprint density at radius 3 is 1.88 bits per heavy atom. The zero-order valence-electron chi connectivity index (χ0n) is 16.0. The van der Waals surface area contributed by atoms with E-state index in [0.29, 0.717) is 24.6 Å². The van der Waals surface area contributed by atoms with Gasteiger partial charge in [-0.1, -0.05) is 12.1 Å². The number of aryl methyl sites for hydroxylation is 4. The molecule has 0 fully saturated rings. The molecule has 0 unspecified atom stereocenters. The van der Waals surface area contributed by atoms with Crippen LogP contribution in [-0.4, -0.2) is 35.3 Å². The molecule has 0 radical (unpaired) electrons.